The maximum absolute atomic E-state index is 13.7. The van der Waals surface area contributed by atoms with Crippen molar-refractivity contribution in [3.8, 4) is 0 Å². The maximum atomic E-state index is 13.7. The van der Waals surface area contributed by atoms with Gasteiger partial charge in [-0.1, -0.05) is 28.1 Å². The molecule has 0 bridgehead atoms. The van der Waals surface area contributed by atoms with Crippen molar-refractivity contribution in [2.24, 2.45) is 0 Å². The summed E-state index contributed by atoms with van der Waals surface area (Å²) in [6, 6.07) is 8.17. The average molecular weight is 464 g/mol. The molecule has 3 heterocycles. The van der Waals surface area contributed by atoms with Crippen LogP contribution in [0.4, 0.5) is 0 Å². The van der Waals surface area contributed by atoms with Gasteiger partial charge in [-0.15, -0.1) is 0 Å². The van der Waals surface area contributed by atoms with Crippen molar-refractivity contribution in [1.29, 1.82) is 0 Å². The van der Waals surface area contributed by atoms with E-state index in [1.807, 2.05) is 21.9 Å². The van der Waals surface area contributed by atoms with Gasteiger partial charge in [0.15, 0.2) is 0 Å². The third-order valence-electron chi connectivity index (χ3n) is 6.63. The second kappa shape index (κ2) is 9.14. The van der Waals surface area contributed by atoms with Crippen LogP contribution in [-0.2, 0) is 19.7 Å². The number of amides is 2. The molecule has 2 amide bonds. The molecule has 0 radical (unpaired) electrons. The summed E-state index contributed by atoms with van der Waals surface area (Å²) in [4.78, 5) is 32.3. The Bertz CT molecular complexity index is 719. The maximum Gasteiger partial charge on any atom is 0.236 e. The van der Waals surface area contributed by atoms with Crippen LogP contribution in [-0.4, -0.2) is 85.5 Å². The topological polar surface area (TPSA) is 53.1 Å². The lowest BCUT2D eigenvalue weighted by Gasteiger charge is -2.43. The second-order valence-electron chi connectivity index (χ2n) is 8.36. The third kappa shape index (κ3) is 4.52. The number of hydrogen-bond acceptors (Lipinski definition) is 4. The van der Waals surface area contributed by atoms with E-state index in [-0.39, 0.29) is 11.8 Å². The first kappa shape index (κ1) is 20.8. The Morgan fingerprint density at radius 3 is 2.14 bits per heavy atom. The summed E-state index contributed by atoms with van der Waals surface area (Å²) in [5, 5.41) is 0. The number of halogens is 1. The van der Waals surface area contributed by atoms with Gasteiger partial charge in [-0.05, 0) is 43.4 Å². The van der Waals surface area contributed by atoms with Crippen LogP contribution in [0.25, 0.3) is 0 Å². The number of ether oxygens (including phenoxy) is 1. The number of rotatable bonds is 4. The molecule has 3 aliphatic rings. The summed E-state index contributed by atoms with van der Waals surface area (Å²) < 4.78 is 6.61. The Morgan fingerprint density at radius 2 is 1.52 bits per heavy atom. The van der Waals surface area contributed by atoms with Crippen LogP contribution < -0.4 is 0 Å². The summed E-state index contributed by atoms with van der Waals surface area (Å²) in [5.41, 5.74) is 0.590. The molecule has 0 N–H and O–H groups in total. The molecule has 0 spiro atoms. The highest BCUT2D eigenvalue weighted by Crippen LogP contribution is 2.37. The van der Waals surface area contributed by atoms with Crippen LogP contribution in [0.1, 0.15) is 31.2 Å². The molecule has 4 rings (SSSR count). The van der Waals surface area contributed by atoms with Gasteiger partial charge in [0.2, 0.25) is 11.8 Å². The summed E-state index contributed by atoms with van der Waals surface area (Å²) in [5.74, 6) is 0.451. The Morgan fingerprint density at radius 1 is 0.897 bits per heavy atom. The summed E-state index contributed by atoms with van der Waals surface area (Å²) in [7, 11) is 0. The standard InChI is InChI=1S/C22H30BrN3O3/c23-19-5-3-18(4-6-19)22(7-15-29-16-8-22)21(28)26-13-11-24(12-14-26)17-20(27)25-9-1-2-10-25/h3-6H,1-2,7-17H2. The zero-order chi connectivity index (χ0) is 20.3. The van der Waals surface area contributed by atoms with Crippen molar-refractivity contribution in [2.75, 3.05) is 59.0 Å². The normalized spacial score (nSPS) is 22.7. The molecule has 0 aromatic heterocycles. The van der Waals surface area contributed by atoms with E-state index in [0.717, 1.165) is 61.9 Å². The molecule has 0 atom stereocenters. The van der Waals surface area contributed by atoms with E-state index >= 15 is 0 Å². The van der Waals surface area contributed by atoms with Gasteiger partial charge in [-0.3, -0.25) is 14.5 Å². The quantitative estimate of drug-likeness (QED) is 0.686. The van der Waals surface area contributed by atoms with Crippen molar-refractivity contribution < 1.29 is 14.3 Å². The average Bonchev–Trinajstić information content (AvgIpc) is 3.30. The predicted octanol–water partition coefficient (Wildman–Crippen LogP) is 2.26. The fraction of sp³-hybridized carbons (Fsp3) is 0.636. The highest BCUT2D eigenvalue weighted by Gasteiger charge is 2.44. The van der Waals surface area contributed by atoms with Crippen LogP contribution >= 0.6 is 15.9 Å². The molecule has 0 aliphatic carbocycles. The van der Waals surface area contributed by atoms with Gasteiger partial charge in [-0.25, -0.2) is 0 Å². The number of benzene rings is 1. The van der Waals surface area contributed by atoms with E-state index in [9.17, 15) is 9.59 Å². The molecule has 3 aliphatic heterocycles. The van der Waals surface area contributed by atoms with Gasteiger partial charge >= 0.3 is 0 Å². The third-order valence-corrected chi connectivity index (χ3v) is 7.16. The minimum atomic E-state index is -0.494. The molecule has 158 valence electrons. The number of carbonyl (C=O) groups is 2. The van der Waals surface area contributed by atoms with E-state index in [1.54, 1.807) is 0 Å². The van der Waals surface area contributed by atoms with Gasteiger partial charge in [0.1, 0.15) is 0 Å². The van der Waals surface area contributed by atoms with Gasteiger partial charge in [-0.2, -0.15) is 0 Å². The van der Waals surface area contributed by atoms with E-state index < -0.39 is 5.41 Å². The molecule has 0 unspecified atom stereocenters. The minimum absolute atomic E-state index is 0.216. The first-order chi connectivity index (χ1) is 14.1. The smallest absolute Gasteiger partial charge is 0.236 e. The lowest BCUT2D eigenvalue weighted by molar-refractivity contribution is -0.143. The molecule has 6 nitrogen and oxygen atoms in total. The monoisotopic (exact) mass is 463 g/mol. The summed E-state index contributed by atoms with van der Waals surface area (Å²) >= 11 is 3.49. The molecule has 0 saturated carbocycles. The molecular formula is C22H30BrN3O3. The number of piperazine rings is 1. The number of carbonyl (C=O) groups excluding carboxylic acids is 2. The van der Waals surface area contributed by atoms with Crippen molar-refractivity contribution in [3.63, 3.8) is 0 Å². The molecule has 1 aromatic carbocycles. The van der Waals surface area contributed by atoms with Crippen molar-refractivity contribution in [1.82, 2.24) is 14.7 Å². The number of hydrogen-bond donors (Lipinski definition) is 0. The minimum Gasteiger partial charge on any atom is -0.381 e. The predicted molar refractivity (Wildman–Crippen MR) is 115 cm³/mol. The van der Waals surface area contributed by atoms with Gasteiger partial charge in [0, 0.05) is 57.0 Å². The summed E-state index contributed by atoms with van der Waals surface area (Å²) in [6.45, 7) is 6.41. The molecule has 1 aromatic rings. The van der Waals surface area contributed by atoms with Crippen molar-refractivity contribution in [3.05, 3.63) is 34.3 Å². The molecule has 3 saturated heterocycles. The Kier molecular flexibility index (Phi) is 6.56. The number of likely N-dealkylation sites (tertiary alicyclic amines) is 1. The Labute approximate surface area is 181 Å². The van der Waals surface area contributed by atoms with Crippen LogP contribution in [0.2, 0.25) is 0 Å². The zero-order valence-corrected chi connectivity index (χ0v) is 18.5. The Hall–Kier alpha value is -1.44. The fourth-order valence-electron chi connectivity index (χ4n) is 4.78. The highest BCUT2D eigenvalue weighted by molar-refractivity contribution is 9.10. The van der Waals surface area contributed by atoms with Gasteiger partial charge in [0.25, 0.3) is 0 Å². The molecule has 29 heavy (non-hydrogen) atoms. The lowest BCUT2D eigenvalue weighted by atomic mass is 9.73. The first-order valence-electron chi connectivity index (χ1n) is 10.7. The van der Waals surface area contributed by atoms with Crippen LogP contribution in [0.3, 0.4) is 0 Å². The van der Waals surface area contributed by atoms with Crippen molar-refractivity contribution in [2.45, 2.75) is 31.1 Å². The highest BCUT2D eigenvalue weighted by atomic mass is 79.9. The first-order valence-corrected chi connectivity index (χ1v) is 11.5. The van der Waals surface area contributed by atoms with E-state index in [0.29, 0.717) is 32.8 Å². The SMILES string of the molecule is O=C(CN1CCN(C(=O)C2(c3ccc(Br)cc3)CCOCC2)CC1)N1CCCC1. The zero-order valence-electron chi connectivity index (χ0n) is 16.9. The van der Waals surface area contributed by atoms with E-state index in [2.05, 4.69) is 33.0 Å². The molecule has 7 heteroatoms. The van der Waals surface area contributed by atoms with Crippen LogP contribution in [0.5, 0.6) is 0 Å². The number of nitrogens with zero attached hydrogens (tertiary/aromatic N) is 3. The lowest BCUT2D eigenvalue weighted by Crippen LogP contribution is -2.56. The van der Waals surface area contributed by atoms with Crippen molar-refractivity contribution >= 4 is 27.7 Å². The van der Waals surface area contributed by atoms with E-state index in [4.69, 9.17) is 4.74 Å². The van der Waals surface area contributed by atoms with Crippen LogP contribution in [0.15, 0.2) is 28.7 Å². The second-order valence-corrected chi connectivity index (χ2v) is 9.27. The Balaban J connectivity index is 1.40. The molecule has 3 fully saturated rings. The fourth-order valence-corrected chi connectivity index (χ4v) is 5.05. The largest absolute Gasteiger partial charge is 0.381 e. The summed E-state index contributed by atoms with van der Waals surface area (Å²) in [6.07, 6.45) is 3.69. The molecular weight excluding hydrogens is 434 g/mol. The van der Waals surface area contributed by atoms with Crippen LogP contribution in [0, 0.1) is 0 Å². The van der Waals surface area contributed by atoms with E-state index in [1.165, 1.54) is 0 Å². The van der Waals surface area contributed by atoms with Gasteiger partial charge < -0.3 is 14.5 Å². The van der Waals surface area contributed by atoms with Gasteiger partial charge in [0.05, 0.1) is 12.0 Å².